The van der Waals surface area contributed by atoms with Crippen molar-refractivity contribution >= 4 is 34.8 Å². The van der Waals surface area contributed by atoms with Gasteiger partial charge in [-0.15, -0.1) is 0 Å². The first-order valence-corrected chi connectivity index (χ1v) is 9.04. The Morgan fingerprint density at radius 2 is 1.75 bits per heavy atom. The number of hydrogen-bond donors (Lipinski definition) is 1. The first-order valence-electron chi connectivity index (χ1n) is 7.91. The van der Waals surface area contributed by atoms with Crippen molar-refractivity contribution in [1.29, 1.82) is 0 Å². The molecule has 0 spiro atoms. The van der Waals surface area contributed by atoms with Crippen molar-refractivity contribution in [2.75, 3.05) is 0 Å². The first kappa shape index (κ1) is 19.4. The quantitative estimate of drug-likeness (QED) is 0.586. The summed E-state index contributed by atoms with van der Waals surface area (Å²) < 4.78 is 5.97. The van der Waals surface area contributed by atoms with E-state index in [0.717, 1.165) is 23.3 Å². The number of halogens is 3. The summed E-state index contributed by atoms with van der Waals surface area (Å²) >= 11 is 18.1. The molecule has 2 aromatic rings. The molecular formula is C19H22Cl3NO. The normalized spacial score (nSPS) is 11.6. The Balaban J connectivity index is 2.10. The smallest absolute Gasteiger partial charge is 0.124 e. The molecule has 0 saturated carbocycles. The van der Waals surface area contributed by atoms with E-state index in [9.17, 15) is 0 Å². The van der Waals surface area contributed by atoms with Gasteiger partial charge in [0.15, 0.2) is 0 Å². The highest BCUT2D eigenvalue weighted by Crippen LogP contribution is 2.26. The van der Waals surface area contributed by atoms with Crippen LogP contribution in [0, 0.1) is 0 Å². The summed E-state index contributed by atoms with van der Waals surface area (Å²) in [6, 6.07) is 11.2. The van der Waals surface area contributed by atoms with Gasteiger partial charge in [-0.2, -0.15) is 0 Å². The van der Waals surface area contributed by atoms with Gasteiger partial charge in [-0.25, -0.2) is 0 Å². The minimum atomic E-state index is 0.0588. The lowest BCUT2D eigenvalue weighted by molar-refractivity contribution is 0.298. The van der Waals surface area contributed by atoms with Crippen LogP contribution in [0.2, 0.25) is 15.1 Å². The highest BCUT2D eigenvalue weighted by molar-refractivity contribution is 6.42. The third-order valence-corrected chi connectivity index (χ3v) is 5.02. The molecule has 0 amide bonds. The van der Waals surface area contributed by atoms with E-state index in [4.69, 9.17) is 39.5 Å². The molecule has 5 heteroatoms. The van der Waals surface area contributed by atoms with Crippen molar-refractivity contribution in [2.24, 2.45) is 0 Å². The summed E-state index contributed by atoms with van der Waals surface area (Å²) in [7, 11) is 0. The molecule has 1 N–H and O–H groups in total. The molecule has 2 nitrogen and oxygen atoms in total. The van der Waals surface area contributed by atoms with Gasteiger partial charge in [0.05, 0.1) is 10.0 Å². The molecule has 0 aliphatic carbocycles. The Kier molecular flexibility index (Phi) is 6.82. The van der Waals surface area contributed by atoms with Crippen LogP contribution in [0.25, 0.3) is 0 Å². The maximum absolute atomic E-state index is 6.14. The van der Waals surface area contributed by atoms with Crippen molar-refractivity contribution in [3.8, 4) is 5.75 Å². The Labute approximate surface area is 159 Å². The van der Waals surface area contributed by atoms with Gasteiger partial charge in [0.25, 0.3) is 0 Å². The van der Waals surface area contributed by atoms with Gasteiger partial charge in [0.1, 0.15) is 12.4 Å². The summed E-state index contributed by atoms with van der Waals surface area (Å²) in [6.07, 6.45) is 1.03. The third kappa shape index (κ3) is 5.56. The van der Waals surface area contributed by atoms with Crippen molar-refractivity contribution in [3.05, 3.63) is 62.6 Å². The fourth-order valence-electron chi connectivity index (χ4n) is 2.08. The van der Waals surface area contributed by atoms with Gasteiger partial charge in [-0.1, -0.05) is 47.8 Å². The molecule has 0 radical (unpaired) electrons. The molecule has 0 fully saturated rings. The van der Waals surface area contributed by atoms with Gasteiger partial charge < -0.3 is 10.1 Å². The maximum atomic E-state index is 6.14. The van der Waals surface area contributed by atoms with Gasteiger partial charge in [-0.05, 0) is 56.2 Å². The molecule has 0 aliphatic rings. The van der Waals surface area contributed by atoms with Crippen molar-refractivity contribution in [3.63, 3.8) is 0 Å². The van der Waals surface area contributed by atoms with Crippen LogP contribution in [0.1, 0.15) is 38.3 Å². The number of benzene rings is 2. The second-order valence-corrected chi connectivity index (χ2v) is 7.63. The van der Waals surface area contributed by atoms with E-state index in [1.807, 2.05) is 30.3 Å². The predicted molar refractivity (Wildman–Crippen MR) is 103 cm³/mol. The van der Waals surface area contributed by atoms with Crippen LogP contribution in [0.4, 0.5) is 0 Å². The van der Waals surface area contributed by atoms with E-state index in [0.29, 0.717) is 28.2 Å². The summed E-state index contributed by atoms with van der Waals surface area (Å²) in [5.41, 5.74) is 2.06. The van der Waals surface area contributed by atoms with E-state index in [1.165, 1.54) is 0 Å². The molecule has 0 unspecified atom stereocenters. The zero-order valence-corrected chi connectivity index (χ0v) is 16.4. The molecule has 0 aromatic heterocycles. The monoisotopic (exact) mass is 385 g/mol. The molecule has 130 valence electrons. The number of rotatable bonds is 7. The van der Waals surface area contributed by atoms with Gasteiger partial charge in [-0.3, -0.25) is 0 Å². The van der Waals surface area contributed by atoms with E-state index >= 15 is 0 Å². The minimum Gasteiger partial charge on any atom is -0.489 e. The summed E-state index contributed by atoms with van der Waals surface area (Å²) in [5, 5.41) is 5.30. The highest BCUT2D eigenvalue weighted by Gasteiger charge is 2.15. The standard InChI is InChI=1S/C19H22Cl3NO/c1-4-19(2,3)23-11-14-10-15(20)6-8-18(14)24-12-13-5-7-16(21)17(22)9-13/h5-10,23H,4,11-12H2,1-3H3. The van der Waals surface area contributed by atoms with Gasteiger partial charge in [0, 0.05) is 22.7 Å². The van der Waals surface area contributed by atoms with E-state index in [1.54, 1.807) is 6.07 Å². The molecule has 0 bridgehead atoms. The molecule has 24 heavy (non-hydrogen) atoms. The number of ether oxygens (including phenoxy) is 1. The Hall–Kier alpha value is -0.930. The fraction of sp³-hybridized carbons (Fsp3) is 0.368. The van der Waals surface area contributed by atoms with Gasteiger partial charge in [0.2, 0.25) is 0 Å². The van der Waals surface area contributed by atoms with E-state index < -0.39 is 0 Å². The predicted octanol–water partition coefficient (Wildman–Crippen LogP) is 6.50. The molecule has 2 rings (SSSR count). The number of hydrogen-bond acceptors (Lipinski definition) is 2. The Morgan fingerprint density at radius 3 is 2.42 bits per heavy atom. The average Bonchev–Trinajstić information content (AvgIpc) is 2.55. The highest BCUT2D eigenvalue weighted by atomic mass is 35.5. The summed E-state index contributed by atoms with van der Waals surface area (Å²) in [6.45, 7) is 7.62. The SMILES string of the molecule is CCC(C)(C)NCc1cc(Cl)ccc1OCc1ccc(Cl)c(Cl)c1. The average molecular weight is 387 g/mol. The minimum absolute atomic E-state index is 0.0588. The largest absolute Gasteiger partial charge is 0.489 e. The lowest BCUT2D eigenvalue weighted by Crippen LogP contribution is -2.37. The van der Waals surface area contributed by atoms with Crippen LogP contribution in [-0.2, 0) is 13.2 Å². The van der Waals surface area contributed by atoms with Crippen molar-refractivity contribution < 1.29 is 4.74 Å². The molecule has 0 aliphatic heterocycles. The van der Waals surface area contributed by atoms with E-state index in [-0.39, 0.29) is 5.54 Å². The third-order valence-electron chi connectivity index (χ3n) is 4.04. The molecule has 0 saturated heterocycles. The van der Waals surface area contributed by atoms with Crippen LogP contribution >= 0.6 is 34.8 Å². The van der Waals surface area contributed by atoms with E-state index in [2.05, 4.69) is 26.1 Å². The number of nitrogens with one attached hydrogen (secondary N) is 1. The first-order chi connectivity index (χ1) is 11.3. The Bertz CT molecular complexity index is 701. The molecule has 2 aromatic carbocycles. The summed E-state index contributed by atoms with van der Waals surface area (Å²) in [4.78, 5) is 0. The van der Waals surface area contributed by atoms with Crippen LogP contribution < -0.4 is 10.1 Å². The molecule has 0 heterocycles. The Morgan fingerprint density at radius 1 is 1.00 bits per heavy atom. The fourth-order valence-corrected chi connectivity index (χ4v) is 2.59. The summed E-state index contributed by atoms with van der Waals surface area (Å²) in [5.74, 6) is 0.810. The molecule has 0 atom stereocenters. The molecular weight excluding hydrogens is 365 g/mol. The van der Waals surface area contributed by atoms with Crippen molar-refractivity contribution in [1.82, 2.24) is 5.32 Å². The maximum Gasteiger partial charge on any atom is 0.124 e. The zero-order valence-electron chi connectivity index (χ0n) is 14.1. The van der Waals surface area contributed by atoms with Crippen LogP contribution in [0.5, 0.6) is 5.75 Å². The van der Waals surface area contributed by atoms with Crippen LogP contribution in [-0.4, -0.2) is 5.54 Å². The van der Waals surface area contributed by atoms with Crippen LogP contribution in [0.3, 0.4) is 0 Å². The van der Waals surface area contributed by atoms with Crippen molar-refractivity contribution in [2.45, 2.75) is 45.9 Å². The van der Waals surface area contributed by atoms with Gasteiger partial charge >= 0.3 is 0 Å². The lowest BCUT2D eigenvalue weighted by Gasteiger charge is -2.25. The zero-order chi connectivity index (χ0) is 17.7. The van der Waals surface area contributed by atoms with Crippen LogP contribution in [0.15, 0.2) is 36.4 Å². The lowest BCUT2D eigenvalue weighted by atomic mass is 10.0. The second-order valence-electron chi connectivity index (χ2n) is 6.38. The second kappa shape index (κ2) is 8.44. The topological polar surface area (TPSA) is 21.3 Å².